The van der Waals surface area contributed by atoms with Crippen LogP contribution in [-0.2, 0) is 6.54 Å². The van der Waals surface area contributed by atoms with E-state index in [2.05, 4.69) is 36.0 Å². The van der Waals surface area contributed by atoms with E-state index in [1.165, 1.54) is 6.07 Å². The summed E-state index contributed by atoms with van der Waals surface area (Å²) in [6.07, 6.45) is 1.75. The standard InChI is InChI=1S/C20H16BFN8/c21-15-11-24-30-18(9-17(25-20(15)30)14-3-1-2-4-16(14)22)23-10-12-5-7-13(8-6-12)19-26-28-29-27-19/h1-9,11,23H,10,21H2,(H,26,27,28,29). The molecule has 0 amide bonds. The van der Waals surface area contributed by atoms with Gasteiger partial charge in [-0.3, -0.25) is 0 Å². The van der Waals surface area contributed by atoms with Crippen LogP contribution in [0.15, 0.2) is 60.8 Å². The minimum atomic E-state index is -0.311. The van der Waals surface area contributed by atoms with Crippen LogP contribution in [0, 0.1) is 5.82 Å². The lowest BCUT2D eigenvalue weighted by Crippen LogP contribution is -2.09. The number of halogens is 1. The van der Waals surface area contributed by atoms with Gasteiger partial charge in [-0.2, -0.15) is 14.8 Å². The summed E-state index contributed by atoms with van der Waals surface area (Å²) in [5.74, 6) is 0.968. The van der Waals surface area contributed by atoms with Crippen molar-refractivity contribution in [2.24, 2.45) is 0 Å². The molecule has 0 saturated heterocycles. The van der Waals surface area contributed by atoms with Crippen molar-refractivity contribution >= 4 is 24.8 Å². The third-order valence-electron chi connectivity index (χ3n) is 4.83. The van der Waals surface area contributed by atoms with Crippen LogP contribution in [0.4, 0.5) is 10.2 Å². The maximum absolute atomic E-state index is 14.3. The first-order valence-electron chi connectivity index (χ1n) is 9.36. The number of aromatic amines is 1. The van der Waals surface area contributed by atoms with E-state index in [0.29, 0.717) is 29.3 Å². The van der Waals surface area contributed by atoms with Crippen molar-refractivity contribution in [3.63, 3.8) is 0 Å². The zero-order valence-electron chi connectivity index (χ0n) is 16.0. The van der Waals surface area contributed by atoms with Gasteiger partial charge < -0.3 is 5.32 Å². The monoisotopic (exact) mass is 398 g/mol. The van der Waals surface area contributed by atoms with Crippen LogP contribution in [0.3, 0.4) is 0 Å². The minimum absolute atomic E-state index is 0.311. The number of hydrogen-bond acceptors (Lipinski definition) is 6. The van der Waals surface area contributed by atoms with Crippen molar-refractivity contribution in [1.82, 2.24) is 35.2 Å². The van der Waals surface area contributed by atoms with Crippen LogP contribution in [-0.4, -0.2) is 43.1 Å². The summed E-state index contributed by atoms with van der Waals surface area (Å²) in [5, 5.41) is 21.8. The van der Waals surface area contributed by atoms with Crippen LogP contribution in [0.25, 0.3) is 28.3 Å². The van der Waals surface area contributed by atoms with Crippen LogP contribution < -0.4 is 10.8 Å². The average Bonchev–Trinajstić information content (AvgIpc) is 3.43. The summed E-state index contributed by atoms with van der Waals surface area (Å²) in [5.41, 5.74) is 4.55. The Kier molecular flexibility index (Phi) is 4.43. The molecule has 2 aromatic carbocycles. The number of nitrogens with one attached hydrogen (secondary N) is 2. The second-order valence-corrected chi connectivity index (χ2v) is 6.86. The number of nitrogens with zero attached hydrogens (tertiary/aromatic N) is 6. The van der Waals surface area contributed by atoms with E-state index in [9.17, 15) is 4.39 Å². The molecule has 0 atom stereocenters. The largest absolute Gasteiger partial charge is 0.366 e. The normalized spacial score (nSPS) is 11.1. The van der Waals surface area contributed by atoms with Gasteiger partial charge in [0.05, 0.1) is 5.69 Å². The first-order valence-corrected chi connectivity index (χ1v) is 9.36. The Morgan fingerprint density at radius 1 is 1.10 bits per heavy atom. The molecule has 5 aromatic rings. The fourth-order valence-electron chi connectivity index (χ4n) is 3.25. The molecular weight excluding hydrogens is 382 g/mol. The third-order valence-corrected chi connectivity index (χ3v) is 4.83. The minimum Gasteiger partial charge on any atom is -0.366 e. The van der Waals surface area contributed by atoms with Crippen LogP contribution in [0.1, 0.15) is 5.56 Å². The Hall–Kier alpha value is -4.08. The summed E-state index contributed by atoms with van der Waals surface area (Å²) >= 11 is 0. The van der Waals surface area contributed by atoms with E-state index >= 15 is 0 Å². The first-order chi connectivity index (χ1) is 14.7. The molecule has 8 nitrogen and oxygen atoms in total. The second-order valence-electron chi connectivity index (χ2n) is 6.86. The van der Waals surface area contributed by atoms with Crippen molar-refractivity contribution in [3.8, 4) is 22.6 Å². The van der Waals surface area contributed by atoms with Gasteiger partial charge in [-0.25, -0.2) is 9.37 Å². The molecule has 0 aliphatic heterocycles. The topological polar surface area (TPSA) is 96.7 Å². The number of fused-ring (bicyclic) bond motifs is 1. The second kappa shape index (κ2) is 7.39. The predicted octanol–water partition coefficient (Wildman–Crippen LogP) is 1.59. The van der Waals surface area contributed by atoms with Gasteiger partial charge in [0.1, 0.15) is 19.5 Å². The van der Waals surface area contributed by atoms with Crippen molar-refractivity contribution in [2.45, 2.75) is 6.54 Å². The fourth-order valence-corrected chi connectivity index (χ4v) is 3.25. The predicted molar refractivity (Wildman–Crippen MR) is 113 cm³/mol. The molecule has 30 heavy (non-hydrogen) atoms. The molecule has 146 valence electrons. The fraction of sp³-hybridized carbons (Fsp3) is 0.0500. The highest BCUT2D eigenvalue weighted by Crippen LogP contribution is 2.24. The van der Waals surface area contributed by atoms with E-state index in [1.807, 2.05) is 38.2 Å². The summed E-state index contributed by atoms with van der Waals surface area (Å²) in [6.45, 7) is 0.557. The van der Waals surface area contributed by atoms with E-state index in [-0.39, 0.29) is 5.82 Å². The zero-order valence-corrected chi connectivity index (χ0v) is 16.0. The lowest BCUT2D eigenvalue weighted by atomic mass is 10.0. The molecule has 5 rings (SSSR count). The van der Waals surface area contributed by atoms with Gasteiger partial charge in [-0.15, -0.1) is 10.2 Å². The van der Waals surface area contributed by atoms with Gasteiger partial charge in [0.15, 0.2) is 5.65 Å². The molecule has 2 N–H and O–H groups in total. The maximum atomic E-state index is 14.3. The van der Waals surface area contributed by atoms with Crippen LogP contribution in [0.2, 0.25) is 0 Å². The molecule has 0 radical (unpaired) electrons. The summed E-state index contributed by atoms with van der Waals surface area (Å²) in [7, 11) is 1.93. The van der Waals surface area contributed by atoms with E-state index in [1.54, 1.807) is 28.9 Å². The number of rotatable bonds is 5. The summed E-state index contributed by atoms with van der Waals surface area (Å²) in [6, 6.07) is 16.3. The quantitative estimate of drug-likeness (QED) is 0.437. The molecule has 0 saturated carbocycles. The number of tetrazole rings is 1. The van der Waals surface area contributed by atoms with Crippen molar-refractivity contribution < 1.29 is 4.39 Å². The summed E-state index contributed by atoms with van der Waals surface area (Å²) in [4.78, 5) is 4.62. The molecule has 10 heteroatoms. The molecule has 0 aliphatic rings. The smallest absolute Gasteiger partial charge is 0.204 e. The Bertz CT molecular complexity index is 1310. The molecule has 3 heterocycles. The third kappa shape index (κ3) is 3.28. The van der Waals surface area contributed by atoms with Gasteiger partial charge in [-0.05, 0) is 28.4 Å². The van der Waals surface area contributed by atoms with Gasteiger partial charge in [0, 0.05) is 29.9 Å². The van der Waals surface area contributed by atoms with Crippen molar-refractivity contribution in [1.29, 1.82) is 0 Å². The van der Waals surface area contributed by atoms with E-state index in [4.69, 9.17) is 0 Å². The highest BCUT2D eigenvalue weighted by molar-refractivity contribution is 6.36. The molecule has 3 aromatic heterocycles. The lowest BCUT2D eigenvalue weighted by molar-refractivity contribution is 0.630. The molecular formula is C20H16BFN8. The Labute approximate surface area is 171 Å². The molecule has 0 fully saturated rings. The van der Waals surface area contributed by atoms with Gasteiger partial charge >= 0.3 is 0 Å². The van der Waals surface area contributed by atoms with Gasteiger partial charge in [-0.1, -0.05) is 36.4 Å². The van der Waals surface area contributed by atoms with Crippen LogP contribution in [0.5, 0.6) is 0 Å². The van der Waals surface area contributed by atoms with Gasteiger partial charge in [0.2, 0.25) is 5.82 Å². The highest BCUT2D eigenvalue weighted by atomic mass is 19.1. The summed E-state index contributed by atoms with van der Waals surface area (Å²) < 4.78 is 16.1. The number of anilines is 1. The SMILES string of the molecule is Bc1cnn2c(NCc3ccc(-c4nn[nH]n4)cc3)cc(-c3ccccc3F)nc12. The van der Waals surface area contributed by atoms with E-state index in [0.717, 1.165) is 22.4 Å². The molecule has 0 bridgehead atoms. The van der Waals surface area contributed by atoms with Crippen LogP contribution >= 0.6 is 0 Å². The Morgan fingerprint density at radius 3 is 2.70 bits per heavy atom. The highest BCUT2D eigenvalue weighted by Gasteiger charge is 2.13. The Morgan fingerprint density at radius 2 is 1.93 bits per heavy atom. The maximum Gasteiger partial charge on any atom is 0.204 e. The van der Waals surface area contributed by atoms with Crippen molar-refractivity contribution in [3.05, 3.63) is 72.2 Å². The number of aromatic nitrogens is 7. The average molecular weight is 398 g/mol. The molecule has 0 spiro atoms. The lowest BCUT2D eigenvalue weighted by Gasteiger charge is -2.12. The van der Waals surface area contributed by atoms with Gasteiger partial charge in [0.25, 0.3) is 0 Å². The number of H-pyrrole nitrogens is 1. The number of hydrogen-bond donors (Lipinski definition) is 2. The Balaban J connectivity index is 1.46. The molecule has 0 unspecified atom stereocenters. The number of benzene rings is 2. The molecule has 0 aliphatic carbocycles. The zero-order chi connectivity index (χ0) is 20.5. The first kappa shape index (κ1) is 18.0. The van der Waals surface area contributed by atoms with Crippen molar-refractivity contribution in [2.75, 3.05) is 5.32 Å². The van der Waals surface area contributed by atoms with E-state index < -0.39 is 0 Å².